The molecular weight excluding hydrogens is 396 g/mol. The fourth-order valence-corrected chi connectivity index (χ4v) is 4.54. The van der Waals surface area contributed by atoms with Crippen LogP contribution in [0.15, 0.2) is 64.3 Å². The molecule has 6 nitrogen and oxygen atoms in total. The van der Waals surface area contributed by atoms with E-state index < -0.39 is 0 Å². The third-order valence-electron chi connectivity index (χ3n) is 5.26. The van der Waals surface area contributed by atoms with Gasteiger partial charge in [-0.25, -0.2) is 0 Å². The maximum Gasteiger partial charge on any atom is 0.237 e. The molecule has 0 bridgehead atoms. The summed E-state index contributed by atoms with van der Waals surface area (Å²) in [5.41, 5.74) is 4.49. The molecule has 0 radical (unpaired) electrons. The number of rotatable bonds is 7. The highest BCUT2D eigenvalue weighted by Gasteiger charge is 2.22. The third-order valence-corrected chi connectivity index (χ3v) is 6.19. The van der Waals surface area contributed by atoms with Crippen LogP contribution in [0.3, 0.4) is 0 Å². The highest BCUT2D eigenvalue weighted by molar-refractivity contribution is 7.99. The lowest BCUT2D eigenvalue weighted by Gasteiger charge is -2.27. The number of hydrogen-bond acceptors (Lipinski definition) is 5. The molecule has 0 saturated heterocycles. The van der Waals surface area contributed by atoms with Gasteiger partial charge in [-0.05, 0) is 63.3 Å². The number of benzene rings is 1. The largest absolute Gasteiger partial charge is 0.467 e. The summed E-state index contributed by atoms with van der Waals surface area (Å²) < 4.78 is 7.45. The van der Waals surface area contributed by atoms with E-state index in [4.69, 9.17) is 4.42 Å². The zero-order chi connectivity index (χ0) is 20.9. The predicted octanol–water partition coefficient (Wildman–Crippen LogP) is 5.06. The summed E-state index contributed by atoms with van der Waals surface area (Å²) in [6, 6.07) is 10.0. The molecule has 30 heavy (non-hydrogen) atoms. The Morgan fingerprint density at radius 2 is 2.17 bits per heavy atom. The second kappa shape index (κ2) is 9.34. The molecule has 0 aliphatic heterocycles. The van der Waals surface area contributed by atoms with Crippen LogP contribution in [0.25, 0.3) is 5.69 Å². The van der Waals surface area contributed by atoms with Crippen LogP contribution in [0.5, 0.6) is 0 Å². The van der Waals surface area contributed by atoms with E-state index >= 15 is 0 Å². The van der Waals surface area contributed by atoms with Gasteiger partial charge in [-0.15, -0.1) is 10.2 Å². The second-order valence-electron chi connectivity index (χ2n) is 7.56. The van der Waals surface area contributed by atoms with Crippen LogP contribution in [0.4, 0.5) is 0 Å². The van der Waals surface area contributed by atoms with Gasteiger partial charge in [-0.2, -0.15) is 0 Å². The molecule has 0 unspecified atom stereocenters. The van der Waals surface area contributed by atoms with Crippen molar-refractivity contribution in [3.05, 3.63) is 71.6 Å². The number of aryl methyl sites for hydroxylation is 2. The Bertz CT molecular complexity index is 1040. The molecule has 0 fully saturated rings. The maximum atomic E-state index is 13.2. The van der Waals surface area contributed by atoms with Crippen molar-refractivity contribution in [3.8, 4) is 5.69 Å². The van der Waals surface area contributed by atoms with Crippen LogP contribution in [0.1, 0.15) is 42.6 Å². The molecule has 2 aromatic heterocycles. The van der Waals surface area contributed by atoms with Crippen molar-refractivity contribution in [1.29, 1.82) is 0 Å². The monoisotopic (exact) mass is 422 g/mol. The first-order chi connectivity index (χ1) is 14.6. The molecular formula is C23H26N4O2S. The minimum Gasteiger partial charge on any atom is -0.467 e. The Hall–Kier alpha value is -2.80. The number of thioether (sulfide) groups is 1. The van der Waals surface area contributed by atoms with Gasteiger partial charge in [0.1, 0.15) is 12.1 Å². The molecule has 2 heterocycles. The molecule has 1 aliphatic carbocycles. The first-order valence-electron chi connectivity index (χ1n) is 10.2. The molecule has 3 aromatic rings. The summed E-state index contributed by atoms with van der Waals surface area (Å²) >= 11 is 1.41. The van der Waals surface area contributed by atoms with Gasteiger partial charge >= 0.3 is 0 Å². The first-order valence-corrected chi connectivity index (χ1v) is 11.2. The van der Waals surface area contributed by atoms with Gasteiger partial charge in [0.25, 0.3) is 0 Å². The highest BCUT2D eigenvalue weighted by atomic mass is 32.2. The Morgan fingerprint density at radius 1 is 1.27 bits per heavy atom. The maximum absolute atomic E-state index is 13.2. The third kappa shape index (κ3) is 4.67. The number of furan rings is 1. The average Bonchev–Trinajstić information content (AvgIpc) is 3.43. The molecule has 0 spiro atoms. The van der Waals surface area contributed by atoms with Crippen LogP contribution in [-0.2, 0) is 11.3 Å². The number of amides is 1. The van der Waals surface area contributed by atoms with Gasteiger partial charge in [0, 0.05) is 5.70 Å². The molecule has 1 aromatic carbocycles. The molecule has 0 saturated carbocycles. The van der Waals surface area contributed by atoms with E-state index in [9.17, 15) is 4.79 Å². The van der Waals surface area contributed by atoms with Crippen molar-refractivity contribution >= 4 is 17.7 Å². The van der Waals surface area contributed by atoms with Gasteiger partial charge in [0.15, 0.2) is 5.16 Å². The quantitative estimate of drug-likeness (QED) is 0.498. The number of carbonyl (C=O) groups is 1. The Balaban J connectivity index is 1.50. The minimum absolute atomic E-state index is 0.0553. The van der Waals surface area contributed by atoms with E-state index in [0.29, 0.717) is 17.5 Å². The highest BCUT2D eigenvalue weighted by Crippen LogP contribution is 2.26. The Morgan fingerprint density at radius 3 is 2.90 bits per heavy atom. The van der Waals surface area contributed by atoms with Gasteiger partial charge in [0.2, 0.25) is 5.91 Å². The van der Waals surface area contributed by atoms with Crippen molar-refractivity contribution in [2.45, 2.75) is 51.2 Å². The van der Waals surface area contributed by atoms with E-state index in [1.807, 2.05) is 21.6 Å². The van der Waals surface area contributed by atoms with E-state index in [-0.39, 0.29) is 5.91 Å². The number of allylic oxidation sites excluding steroid dienone is 2. The van der Waals surface area contributed by atoms with Gasteiger partial charge in [-0.1, -0.05) is 35.5 Å². The van der Waals surface area contributed by atoms with Crippen molar-refractivity contribution in [1.82, 2.24) is 19.7 Å². The van der Waals surface area contributed by atoms with E-state index in [0.717, 1.165) is 42.0 Å². The lowest BCUT2D eigenvalue weighted by Crippen LogP contribution is -2.32. The molecule has 0 N–H and O–H groups in total. The van der Waals surface area contributed by atoms with Gasteiger partial charge in [0.05, 0.1) is 24.2 Å². The number of hydrogen-bond donors (Lipinski definition) is 0. The fourth-order valence-electron chi connectivity index (χ4n) is 3.74. The normalized spacial score (nSPS) is 13.9. The zero-order valence-electron chi connectivity index (χ0n) is 17.4. The summed E-state index contributed by atoms with van der Waals surface area (Å²) in [7, 11) is 0. The predicted molar refractivity (Wildman–Crippen MR) is 117 cm³/mol. The number of aromatic nitrogens is 3. The number of nitrogens with zero attached hydrogens (tertiary/aromatic N) is 4. The summed E-state index contributed by atoms with van der Waals surface area (Å²) in [6.45, 7) is 4.61. The van der Waals surface area contributed by atoms with E-state index in [1.54, 1.807) is 12.6 Å². The van der Waals surface area contributed by atoms with Crippen molar-refractivity contribution in [2.75, 3.05) is 5.75 Å². The minimum atomic E-state index is 0.0553. The van der Waals surface area contributed by atoms with Crippen molar-refractivity contribution < 1.29 is 9.21 Å². The van der Waals surface area contributed by atoms with Gasteiger partial charge < -0.3 is 9.32 Å². The topological polar surface area (TPSA) is 64.2 Å². The standard InChI is InChI=1S/C23H26N4O2S/c1-17-10-11-21(18(2)13-17)27-16-24-25-23(27)30-15-22(28)26(14-20-9-6-12-29-20)19-7-4-3-5-8-19/h6-7,9-13,16H,3-5,8,14-15H2,1-2H3. The molecule has 1 amide bonds. The van der Waals surface area contributed by atoms with E-state index in [1.165, 1.54) is 23.7 Å². The van der Waals surface area contributed by atoms with E-state index in [2.05, 4.69) is 48.3 Å². The van der Waals surface area contributed by atoms with Crippen LogP contribution in [0, 0.1) is 13.8 Å². The SMILES string of the molecule is Cc1ccc(-n2cnnc2SCC(=O)N(Cc2ccco2)C2=CCCCC2)c(C)c1. The fraction of sp³-hybridized carbons (Fsp3) is 0.348. The zero-order valence-corrected chi connectivity index (χ0v) is 18.2. The average molecular weight is 423 g/mol. The lowest BCUT2D eigenvalue weighted by atomic mass is 10.0. The molecule has 0 atom stereocenters. The van der Waals surface area contributed by atoms with Crippen LogP contribution in [0.2, 0.25) is 0 Å². The van der Waals surface area contributed by atoms with Crippen LogP contribution >= 0.6 is 11.8 Å². The smallest absolute Gasteiger partial charge is 0.237 e. The molecule has 1 aliphatic rings. The second-order valence-corrected chi connectivity index (χ2v) is 8.51. The Labute approximate surface area is 181 Å². The van der Waals surface area contributed by atoms with Crippen LogP contribution in [-0.4, -0.2) is 31.3 Å². The van der Waals surface area contributed by atoms with Crippen molar-refractivity contribution in [2.24, 2.45) is 0 Å². The summed E-state index contributed by atoms with van der Waals surface area (Å²) in [6.07, 6.45) is 9.78. The summed E-state index contributed by atoms with van der Waals surface area (Å²) in [4.78, 5) is 15.1. The van der Waals surface area contributed by atoms with Gasteiger partial charge in [-0.3, -0.25) is 9.36 Å². The number of carbonyl (C=O) groups excluding carboxylic acids is 1. The molecule has 4 rings (SSSR count). The summed E-state index contributed by atoms with van der Waals surface area (Å²) in [5.74, 6) is 1.14. The summed E-state index contributed by atoms with van der Waals surface area (Å²) in [5, 5.41) is 9.04. The Kier molecular flexibility index (Phi) is 6.38. The molecule has 7 heteroatoms. The van der Waals surface area contributed by atoms with Crippen molar-refractivity contribution in [3.63, 3.8) is 0 Å². The first kappa shape index (κ1) is 20.5. The lowest BCUT2D eigenvalue weighted by molar-refractivity contribution is -0.127. The van der Waals surface area contributed by atoms with Crippen LogP contribution < -0.4 is 0 Å². The molecule has 156 valence electrons.